The summed E-state index contributed by atoms with van der Waals surface area (Å²) >= 11 is 0. The van der Waals surface area contributed by atoms with Gasteiger partial charge in [0.15, 0.2) is 0 Å². The van der Waals surface area contributed by atoms with Crippen LogP contribution in [0.25, 0.3) is 10.9 Å². The largest absolute Gasteiger partial charge is 0.319 e. The topological polar surface area (TPSA) is 24.9 Å². The number of aryl methyl sites for hydroxylation is 1. The Morgan fingerprint density at radius 2 is 2.07 bits per heavy atom. The van der Waals surface area contributed by atoms with Crippen molar-refractivity contribution in [1.29, 1.82) is 0 Å². The van der Waals surface area contributed by atoms with Crippen LogP contribution in [0.15, 0.2) is 30.3 Å². The zero-order chi connectivity index (χ0) is 10.7. The Balaban J connectivity index is 2.41. The fourth-order valence-corrected chi connectivity index (χ4v) is 1.73. The number of benzene rings is 1. The van der Waals surface area contributed by atoms with Gasteiger partial charge in [0.2, 0.25) is 0 Å². The molecule has 0 aliphatic heterocycles. The van der Waals surface area contributed by atoms with Crippen molar-refractivity contribution < 1.29 is 0 Å². The van der Waals surface area contributed by atoms with Crippen LogP contribution in [0, 0.1) is 6.92 Å². The number of nitrogens with zero attached hydrogens (tertiary/aromatic N) is 1. The third-order valence-corrected chi connectivity index (χ3v) is 2.61. The quantitative estimate of drug-likeness (QED) is 0.822. The molecule has 0 radical (unpaired) electrons. The second kappa shape index (κ2) is 4.41. The highest BCUT2D eigenvalue weighted by Crippen LogP contribution is 2.16. The van der Waals surface area contributed by atoms with Crippen molar-refractivity contribution in [2.45, 2.75) is 13.3 Å². The maximum Gasteiger partial charge on any atom is 0.0734 e. The van der Waals surface area contributed by atoms with Gasteiger partial charge in [0.1, 0.15) is 0 Å². The summed E-state index contributed by atoms with van der Waals surface area (Å²) in [6.45, 7) is 3.08. The van der Waals surface area contributed by atoms with Crippen molar-refractivity contribution in [2.75, 3.05) is 13.6 Å². The maximum atomic E-state index is 4.67. The summed E-state index contributed by atoms with van der Waals surface area (Å²) in [6.07, 6.45) is 0.987. The van der Waals surface area contributed by atoms with Crippen LogP contribution in [0.5, 0.6) is 0 Å². The van der Waals surface area contributed by atoms with Gasteiger partial charge in [0, 0.05) is 24.0 Å². The molecule has 0 spiro atoms. The van der Waals surface area contributed by atoms with E-state index in [2.05, 4.69) is 47.6 Å². The molecule has 2 nitrogen and oxygen atoms in total. The van der Waals surface area contributed by atoms with Gasteiger partial charge in [-0.05, 0) is 25.6 Å². The molecule has 78 valence electrons. The minimum absolute atomic E-state index is 0.977. The van der Waals surface area contributed by atoms with Crippen molar-refractivity contribution in [2.24, 2.45) is 0 Å². The first-order valence-corrected chi connectivity index (χ1v) is 5.31. The molecule has 2 aromatic rings. The Labute approximate surface area is 90.3 Å². The number of rotatable bonds is 3. The Morgan fingerprint density at radius 3 is 2.87 bits per heavy atom. The molecule has 1 aromatic heterocycles. The Hall–Kier alpha value is -1.41. The van der Waals surface area contributed by atoms with Crippen LogP contribution in [0.2, 0.25) is 0 Å². The highest BCUT2D eigenvalue weighted by Gasteiger charge is 2.00. The smallest absolute Gasteiger partial charge is 0.0734 e. The van der Waals surface area contributed by atoms with Crippen molar-refractivity contribution >= 4 is 10.9 Å². The van der Waals surface area contributed by atoms with E-state index in [1.54, 1.807) is 0 Å². The molecule has 0 aliphatic rings. The Kier molecular flexibility index (Phi) is 2.97. The third kappa shape index (κ3) is 2.16. The number of fused-ring (bicyclic) bond motifs is 1. The number of hydrogen-bond acceptors (Lipinski definition) is 2. The lowest BCUT2D eigenvalue weighted by Crippen LogP contribution is -2.11. The van der Waals surface area contributed by atoms with Crippen LogP contribution < -0.4 is 5.32 Å². The van der Waals surface area contributed by atoms with Gasteiger partial charge in [-0.3, -0.25) is 4.98 Å². The van der Waals surface area contributed by atoms with E-state index in [9.17, 15) is 0 Å². The van der Waals surface area contributed by atoms with E-state index < -0.39 is 0 Å². The van der Waals surface area contributed by atoms with Crippen LogP contribution in [0.3, 0.4) is 0 Å². The first-order chi connectivity index (χ1) is 7.31. The molecular formula is C13H16N2. The molecule has 2 heteroatoms. The molecule has 0 fully saturated rings. The van der Waals surface area contributed by atoms with Crippen molar-refractivity contribution in [3.8, 4) is 0 Å². The van der Waals surface area contributed by atoms with E-state index in [1.807, 2.05) is 7.05 Å². The molecule has 0 atom stereocenters. The van der Waals surface area contributed by atoms with E-state index in [1.165, 1.54) is 10.9 Å². The van der Waals surface area contributed by atoms with E-state index >= 15 is 0 Å². The highest BCUT2D eigenvalue weighted by atomic mass is 14.8. The van der Waals surface area contributed by atoms with Crippen molar-refractivity contribution in [1.82, 2.24) is 10.3 Å². The fraction of sp³-hybridized carbons (Fsp3) is 0.308. The van der Waals surface area contributed by atoms with Gasteiger partial charge >= 0.3 is 0 Å². The van der Waals surface area contributed by atoms with Gasteiger partial charge in [-0.15, -0.1) is 0 Å². The van der Waals surface area contributed by atoms with Crippen LogP contribution in [-0.4, -0.2) is 18.6 Å². The highest BCUT2D eigenvalue weighted by molar-refractivity contribution is 5.81. The fourth-order valence-electron chi connectivity index (χ4n) is 1.73. The standard InChI is InChI=1S/C13H16N2/c1-10-4-3-5-11-6-7-12(8-9-14-2)15-13(10)11/h3-7,14H,8-9H2,1-2H3. The van der Waals surface area contributed by atoms with E-state index in [-0.39, 0.29) is 0 Å². The summed E-state index contributed by atoms with van der Waals surface area (Å²) in [4.78, 5) is 4.67. The van der Waals surface area contributed by atoms with E-state index in [0.29, 0.717) is 0 Å². The molecular weight excluding hydrogens is 184 g/mol. The average molecular weight is 200 g/mol. The number of para-hydroxylation sites is 1. The first kappa shape index (κ1) is 10.1. The number of hydrogen-bond donors (Lipinski definition) is 1. The summed E-state index contributed by atoms with van der Waals surface area (Å²) in [5.41, 5.74) is 3.54. The average Bonchev–Trinajstić information content (AvgIpc) is 2.27. The van der Waals surface area contributed by atoms with Gasteiger partial charge in [0.25, 0.3) is 0 Å². The Bertz CT molecular complexity index is 463. The molecule has 15 heavy (non-hydrogen) atoms. The van der Waals surface area contributed by atoms with Crippen molar-refractivity contribution in [3.05, 3.63) is 41.6 Å². The SMILES string of the molecule is CNCCc1ccc2cccc(C)c2n1. The summed E-state index contributed by atoms with van der Waals surface area (Å²) < 4.78 is 0. The molecule has 1 aromatic carbocycles. The Morgan fingerprint density at radius 1 is 1.20 bits per heavy atom. The maximum absolute atomic E-state index is 4.67. The van der Waals surface area contributed by atoms with Crippen LogP contribution in [0.4, 0.5) is 0 Å². The molecule has 0 amide bonds. The molecule has 2 rings (SSSR count). The van der Waals surface area contributed by atoms with Crippen LogP contribution in [0.1, 0.15) is 11.3 Å². The monoisotopic (exact) mass is 200 g/mol. The first-order valence-electron chi connectivity index (χ1n) is 5.31. The van der Waals surface area contributed by atoms with Gasteiger partial charge < -0.3 is 5.32 Å². The molecule has 0 aliphatic carbocycles. The predicted molar refractivity (Wildman–Crippen MR) is 64.1 cm³/mol. The zero-order valence-corrected chi connectivity index (χ0v) is 9.25. The normalized spacial score (nSPS) is 10.8. The number of likely N-dealkylation sites (N-methyl/N-ethyl adjacent to an activating group) is 1. The summed E-state index contributed by atoms with van der Waals surface area (Å²) in [5, 5.41) is 4.36. The molecule has 0 saturated heterocycles. The number of aromatic nitrogens is 1. The molecule has 1 heterocycles. The lowest BCUT2D eigenvalue weighted by Gasteiger charge is -2.04. The van der Waals surface area contributed by atoms with Crippen LogP contribution in [-0.2, 0) is 6.42 Å². The second-order valence-corrected chi connectivity index (χ2v) is 3.80. The van der Waals surface area contributed by atoms with Gasteiger partial charge in [-0.1, -0.05) is 24.3 Å². The number of nitrogens with one attached hydrogen (secondary N) is 1. The van der Waals surface area contributed by atoms with E-state index in [4.69, 9.17) is 0 Å². The van der Waals surface area contributed by atoms with Gasteiger partial charge in [-0.2, -0.15) is 0 Å². The lowest BCUT2D eigenvalue weighted by atomic mass is 10.1. The third-order valence-electron chi connectivity index (χ3n) is 2.61. The van der Waals surface area contributed by atoms with Gasteiger partial charge in [-0.25, -0.2) is 0 Å². The summed E-state index contributed by atoms with van der Waals surface area (Å²) in [5.74, 6) is 0. The minimum atomic E-state index is 0.977. The summed E-state index contributed by atoms with van der Waals surface area (Å²) in [6, 6.07) is 10.6. The molecule has 1 N–H and O–H groups in total. The summed E-state index contributed by atoms with van der Waals surface area (Å²) in [7, 11) is 1.96. The zero-order valence-electron chi connectivity index (χ0n) is 9.25. The van der Waals surface area contributed by atoms with Crippen molar-refractivity contribution in [3.63, 3.8) is 0 Å². The van der Waals surface area contributed by atoms with Gasteiger partial charge in [0.05, 0.1) is 5.52 Å². The number of pyridine rings is 1. The molecule has 0 bridgehead atoms. The molecule has 0 saturated carbocycles. The second-order valence-electron chi connectivity index (χ2n) is 3.80. The minimum Gasteiger partial charge on any atom is -0.319 e. The predicted octanol–water partition coefficient (Wildman–Crippen LogP) is 2.31. The van der Waals surface area contributed by atoms with Crippen LogP contribution >= 0.6 is 0 Å². The molecule has 0 unspecified atom stereocenters. The van der Waals surface area contributed by atoms with E-state index in [0.717, 1.165) is 24.2 Å². The lowest BCUT2D eigenvalue weighted by molar-refractivity contribution is 0.779.